The number of carbonyl (C=O) groups is 1. The van der Waals surface area contributed by atoms with Gasteiger partial charge in [-0.2, -0.15) is 0 Å². The molecule has 104 valence electrons. The average molecular weight is 260 g/mol. The Morgan fingerprint density at radius 3 is 2.63 bits per heavy atom. The number of carbonyl (C=O) groups excluding carboxylic acids is 1. The van der Waals surface area contributed by atoms with Gasteiger partial charge in [0.15, 0.2) is 0 Å². The molecule has 3 nitrogen and oxygen atoms in total. The van der Waals surface area contributed by atoms with Crippen LogP contribution in [0.2, 0.25) is 0 Å². The summed E-state index contributed by atoms with van der Waals surface area (Å²) in [4.78, 5) is 14.2. The van der Waals surface area contributed by atoms with Gasteiger partial charge in [-0.05, 0) is 38.4 Å². The number of nitrogens with zero attached hydrogens (tertiary/aromatic N) is 1. The molecule has 0 aliphatic carbocycles. The first-order valence-corrected chi connectivity index (χ1v) is 7.28. The molecule has 0 bridgehead atoms. The Morgan fingerprint density at radius 2 is 1.95 bits per heavy atom. The molecule has 0 spiro atoms. The topological polar surface area (TPSA) is 32.3 Å². The van der Waals surface area contributed by atoms with Gasteiger partial charge in [0.1, 0.15) is 0 Å². The van der Waals surface area contributed by atoms with Gasteiger partial charge in [-0.15, -0.1) is 0 Å². The molecule has 1 N–H and O–H groups in total. The molecular weight excluding hydrogens is 236 g/mol. The minimum atomic E-state index is 0.142. The van der Waals surface area contributed by atoms with Crippen LogP contribution in [-0.2, 0) is 11.3 Å². The van der Waals surface area contributed by atoms with E-state index in [1.165, 1.54) is 36.8 Å². The number of likely N-dealkylation sites (tertiary alicyclic amines) is 1. The Morgan fingerprint density at radius 1 is 1.21 bits per heavy atom. The second-order valence-corrected chi connectivity index (χ2v) is 5.46. The van der Waals surface area contributed by atoms with E-state index in [2.05, 4.69) is 35.3 Å². The predicted molar refractivity (Wildman–Crippen MR) is 77.9 cm³/mol. The minimum absolute atomic E-state index is 0.142. The number of hydrogen-bond acceptors (Lipinski definition) is 2. The molecule has 0 aromatic heterocycles. The summed E-state index contributed by atoms with van der Waals surface area (Å²) >= 11 is 0. The lowest BCUT2D eigenvalue weighted by molar-refractivity contribution is -0.122. The average Bonchev–Trinajstić information content (AvgIpc) is 2.65. The summed E-state index contributed by atoms with van der Waals surface area (Å²) < 4.78 is 0. The van der Waals surface area contributed by atoms with Crippen LogP contribution in [0.15, 0.2) is 24.3 Å². The second kappa shape index (κ2) is 7.29. The van der Waals surface area contributed by atoms with Gasteiger partial charge in [-0.1, -0.05) is 42.7 Å². The monoisotopic (exact) mass is 260 g/mol. The number of aryl methyl sites for hydroxylation is 1. The Balaban J connectivity index is 1.74. The highest BCUT2D eigenvalue weighted by Crippen LogP contribution is 2.09. The quantitative estimate of drug-likeness (QED) is 0.902. The second-order valence-electron chi connectivity index (χ2n) is 5.46. The van der Waals surface area contributed by atoms with E-state index >= 15 is 0 Å². The number of benzene rings is 1. The third-order valence-electron chi connectivity index (χ3n) is 3.64. The highest BCUT2D eigenvalue weighted by molar-refractivity contribution is 5.78. The fourth-order valence-electron chi connectivity index (χ4n) is 2.58. The van der Waals surface area contributed by atoms with E-state index in [-0.39, 0.29) is 5.91 Å². The van der Waals surface area contributed by atoms with Crippen LogP contribution in [0, 0.1) is 6.92 Å². The summed E-state index contributed by atoms with van der Waals surface area (Å²) in [6.45, 7) is 5.39. The van der Waals surface area contributed by atoms with Crippen molar-refractivity contribution in [1.29, 1.82) is 0 Å². The molecule has 2 rings (SSSR count). The third kappa shape index (κ3) is 5.03. The fourth-order valence-corrected chi connectivity index (χ4v) is 2.58. The number of nitrogens with one attached hydrogen (secondary N) is 1. The molecule has 0 saturated carbocycles. The van der Waals surface area contributed by atoms with E-state index in [0.717, 1.165) is 13.1 Å². The van der Waals surface area contributed by atoms with Crippen LogP contribution in [0.25, 0.3) is 0 Å². The van der Waals surface area contributed by atoms with Gasteiger partial charge in [-0.3, -0.25) is 9.69 Å². The van der Waals surface area contributed by atoms with Crippen molar-refractivity contribution in [2.75, 3.05) is 19.6 Å². The van der Waals surface area contributed by atoms with Crippen molar-refractivity contribution in [3.63, 3.8) is 0 Å². The van der Waals surface area contributed by atoms with Crippen LogP contribution in [0.1, 0.15) is 36.8 Å². The van der Waals surface area contributed by atoms with Crippen molar-refractivity contribution in [2.24, 2.45) is 0 Å². The Hall–Kier alpha value is -1.35. The summed E-state index contributed by atoms with van der Waals surface area (Å²) in [5.41, 5.74) is 2.41. The maximum atomic E-state index is 11.9. The van der Waals surface area contributed by atoms with Gasteiger partial charge < -0.3 is 5.32 Å². The molecular formula is C16H24N2O. The molecule has 0 atom stereocenters. The SMILES string of the molecule is Cc1cccc(CNC(=O)CN2CCCCCC2)c1. The van der Waals surface area contributed by atoms with Crippen LogP contribution < -0.4 is 5.32 Å². The maximum Gasteiger partial charge on any atom is 0.234 e. The molecule has 19 heavy (non-hydrogen) atoms. The first-order chi connectivity index (χ1) is 9.24. The molecule has 1 aliphatic rings. The van der Waals surface area contributed by atoms with E-state index < -0.39 is 0 Å². The molecule has 1 fully saturated rings. The summed E-state index contributed by atoms with van der Waals surface area (Å²) in [7, 11) is 0. The smallest absolute Gasteiger partial charge is 0.234 e. The van der Waals surface area contributed by atoms with Crippen molar-refractivity contribution < 1.29 is 4.79 Å². The summed E-state index contributed by atoms with van der Waals surface area (Å²) in [6.07, 6.45) is 5.07. The molecule has 1 amide bonds. The summed E-state index contributed by atoms with van der Waals surface area (Å²) in [6, 6.07) is 8.28. The van der Waals surface area contributed by atoms with E-state index in [0.29, 0.717) is 13.1 Å². The fraction of sp³-hybridized carbons (Fsp3) is 0.562. The molecule has 0 radical (unpaired) electrons. The van der Waals surface area contributed by atoms with Gasteiger partial charge in [0.25, 0.3) is 0 Å². The van der Waals surface area contributed by atoms with E-state index in [4.69, 9.17) is 0 Å². The van der Waals surface area contributed by atoms with E-state index in [1.807, 2.05) is 6.07 Å². The Labute approximate surface area is 116 Å². The molecule has 1 heterocycles. The van der Waals surface area contributed by atoms with Gasteiger partial charge in [0.2, 0.25) is 5.91 Å². The van der Waals surface area contributed by atoms with Crippen LogP contribution >= 0.6 is 0 Å². The van der Waals surface area contributed by atoms with Gasteiger partial charge in [0.05, 0.1) is 6.54 Å². The first-order valence-electron chi connectivity index (χ1n) is 7.28. The number of hydrogen-bond donors (Lipinski definition) is 1. The molecule has 1 saturated heterocycles. The zero-order chi connectivity index (χ0) is 13.5. The van der Waals surface area contributed by atoms with Crippen LogP contribution in [0.5, 0.6) is 0 Å². The highest BCUT2D eigenvalue weighted by atomic mass is 16.2. The van der Waals surface area contributed by atoms with Crippen LogP contribution in [-0.4, -0.2) is 30.4 Å². The molecule has 1 aromatic rings. The molecule has 1 aliphatic heterocycles. The van der Waals surface area contributed by atoms with Crippen molar-refractivity contribution in [2.45, 2.75) is 39.2 Å². The Kier molecular flexibility index (Phi) is 5.40. The third-order valence-corrected chi connectivity index (χ3v) is 3.64. The van der Waals surface area contributed by atoms with Crippen molar-refractivity contribution in [1.82, 2.24) is 10.2 Å². The van der Waals surface area contributed by atoms with Gasteiger partial charge in [-0.25, -0.2) is 0 Å². The van der Waals surface area contributed by atoms with Gasteiger partial charge >= 0.3 is 0 Å². The van der Waals surface area contributed by atoms with Crippen molar-refractivity contribution in [3.05, 3.63) is 35.4 Å². The normalized spacial score (nSPS) is 16.9. The first kappa shape index (κ1) is 14.1. The van der Waals surface area contributed by atoms with E-state index in [9.17, 15) is 4.79 Å². The highest BCUT2D eigenvalue weighted by Gasteiger charge is 2.12. The lowest BCUT2D eigenvalue weighted by Gasteiger charge is -2.19. The standard InChI is InChI=1S/C16H24N2O/c1-14-7-6-8-15(11-14)12-17-16(19)13-18-9-4-2-3-5-10-18/h6-8,11H,2-5,9-10,12-13H2,1H3,(H,17,19). The van der Waals surface area contributed by atoms with Crippen molar-refractivity contribution in [3.8, 4) is 0 Å². The number of amides is 1. The summed E-state index contributed by atoms with van der Waals surface area (Å²) in [5, 5.41) is 3.01. The van der Waals surface area contributed by atoms with Crippen LogP contribution in [0.3, 0.4) is 0 Å². The van der Waals surface area contributed by atoms with Crippen LogP contribution in [0.4, 0.5) is 0 Å². The number of rotatable bonds is 4. The maximum absolute atomic E-state index is 11.9. The molecule has 3 heteroatoms. The van der Waals surface area contributed by atoms with E-state index in [1.54, 1.807) is 0 Å². The predicted octanol–water partition coefficient (Wildman–Crippen LogP) is 2.49. The minimum Gasteiger partial charge on any atom is -0.351 e. The summed E-state index contributed by atoms with van der Waals surface area (Å²) in [5.74, 6) is 0.142. The lowest BCUT2D eigenvalue weighted by Crippen LogP contribution is -2.37. The van der Waals surface area contributed by atoms with Crippen molar-refractivity contribution >= 4 is 5.91 Å². The largest absolute Gasteiger partial charge is 0.351 e. The molecule has 0 unspecified atom stereocenters. The Bertz CT molecular complexity index is 409. The molecule has 1 aromatic carbocycles. The zero-order valence-electron chi connectivity index (χ0n) is 11.8. The van der Waals surface area contributed by atoms with Gasteiger partial charge in [0, 0.05) is 6.54 Å². The zero-order valence-corrected chi connectivity index (χ0v) is 11.8. The lowest BCUT2D eigenvalue weighted by atomic mass is 10.1.